The molecule has 2 rings (SSSR count). The lowest BCUT2D eigenvalue weighted by Gasteiger charge is -2.20. The Bertz CT molecular complexity index is 826. The number of benzene rings is 2. The normalized spacial score (nSPS) is 12.7. The average molecular weight is 411 g/mol. The van der Waals surface area contributed by atoms with Gasteiger partial charge in [-0.1, -0.05) is 61.5 Å². The van der Waals surface area contributed by atoms with Crippen molar-refractivity contribution in [1.82, 2.24) is 0 Å². The number of Topliss-reactive ketones (excluding diaryl/α,β-unsaturated/α-hetero) is 1. The molecule has 1 N–H and O–H groups in total. The summed E-state index contributed by atoms with van der Waals surface area (Å²) in [6.07, 6.45) is 1.30. The molecule has 0 aliphatic carbocycles. The van der Waals surface area contributed by atoms with Crippen LogP contribution in [0.5, 0.6) is 0 Å². The molecule has 0 saturated heterocycles. The van der Waals surface area contributed by atoms with Gasteiger partial charge in [-0.25, -0.2) is 0 Å². The summed E-state index contributed by atoms with van der Waals surface area (Å²) in [4.78, 5) is 35.1. The number of ether oxygens (including phenoxy) is 1. The molecule has 0 fully saturated rings. The van der Waals surface area contributed by atoms with E-state index in [9.17, 15) is 14.4 Å². The quantitative estimate of drug-likeness (QED) is 0.502. The standard InChI is InChI=1S/C25H30O5/c1-3-30-25(29)18(2)15-20(17-23(26)13-14-24(27)28)16-19-9-11-22(12-10-19)21-7-5-4-6-8-21/h4-12,18,20H,3,13-17H2,1-2H3,(H,27,28)/t18-,20+/m1/s1. The first-order valence-electron chi connectivity index (χ1n) is 10.4. The molecule has 0 aliphatic heterocycles. The average Bonchev–Trinajstić information content (AvgIpc) is 2.73. The van der Waals surface area contributed by atoms with E-state index in [1.165, 1.54) is 0 Å². The van der Waals surface area contributed by atoms with Gasteiger partial charge >= 0.3 is 11.9 Å². The van der Waals surface area contributed by atoms with Crippen LogP contribution in [-0.2, 0) is 25.5 Å². The first kappa shape index (κ1) is 23.3. The Morgan fingerprint density at radius 1 is 0.933 bits per heavy atom. The van der Waals surface area contributed by atoms with Crippen molar-refractivity contribution < 1.29 is 24.2 Å². The zero-order valence-electron chi connectivity index (χ0n) is 17.7. The summed E-state index contributed by atoms with van der Waals surface area (Å²) in [5.74, 6) is -1.69. The number of carbonyl (C=O) groups is 3. The minimum atomic E-state index is -0.976. The molecule has 160 valence electrons. The van der Waals surface area contributed by atoms with Crippen LogP contribution in [0.15, 0.2) is 54.6 Å². The van der Waals surface area contributed by atoms with E-state index in [4.69, 9.17) is 9.84 Å². The highest BCUT2D eigenvalue weighted by molar-refractivity contribution is 5.82. The molecule has 5 heteroatoms. The van der Waals surface area contributed by atoms with Gasteiger partial charge in [-0.2, -0.15) is 0 Å². The van der Waals surface area contributed by atoms with Crippen molar-refractivity contribution in [3.8, 4) is 11.1 Å². The summed E-state index contributed by atoms with van der Waals surface area (Å²) in [6.45, 7) is 3.91. The summed E-state index contributed by atoms with van der Waals surface area (Å²) in [5, 5.41) is 8.82. The number of hydrogen-bond acceptors (Lipinski definition) is 4. The van der Waals surface area contributed by atoms with Gasteiger partial charge in [0.1, 0.15) is 5.78 Å². The van der Waals surface area contributed by atoms with E-state index < -0.39 is 5.97 Å². The molecule has 5 nitrogen and oxygen atoms in total. The Hall–Kier alpha value is -2.95. The summed E-state index contributed by atoms with van der Waals surface area (Å²) >= 11 is 0. The van der Waals surface area contributed by atoms with Crippen molar-refractivity contribution >= 4 is 17.7 Å². The fourth-order valence-corrected chi connectivity index (χ4v) is 3.59. The Morgan fingerprint density at radius 3 is 2.17 bits per heavy atom. The molecule has 0 spiro atoms. The van der Waals surface area contributed by atoms with Crippen LogP contribution in [0.25, 0.3) is 11.1 Å². The van der Waals surface area contributed by atoms with Crippen LogP contribution >= 0.6 is 0 Å². The van der Waals surface area contributed by atoms with Gasteiger partial charge in [0.2, 0.25) is 0 Å². The summed E-state index contributed by atoms with van der Waals surface area (Å²) in [7, 11) is 0. The van der Waals surface area contributed by atoms with E-state index in [0.29, 0.717) is 19.4 Å². The van der Waals surface area contributed by atoms with E-state index >= 15 is 0 Å². The van der Waals surface area contributed by atoms with Gasteiger partial charge in [0.15, 0.2) is 0 Å². The number of carboxylic acids is 1. The second-order valence-electron chi connectivity index (χ2n) is 7.66. The van der Waals surface area contributed by atoms with Gasteiger partial charge in [0.05, 0.1) is 18.9 Å². The van der Waals surface area contributed by atoms with E-state index in [2.05, 4.69) is 24.3 Å². The Kier molecular flexibility index (Phi) is 9.26. The van der Waals surface area contributed by atoms with Crippen LogP contribution in [0.2, 0.25) is 0 Å². The Labute approximate surface area is 178 Å². The first-order chi connectivity index (χ1) is 14.4. The van der Waals surface area contributed by atoms with Crippen LogP contribution in [0.3, 0.4) is 0 Å². The van der Waals surface area contributed by atoms with Crippen molar-refractivity contribution in [3.05, 3.63) is 60.2 Å². The largest absolute Gasteiger partial charge is 0.481 e. The number of esters is 1. The van der Waals surface area contributed by atoms with Gasteiger partial charge in [0, 0.05) is 12.8 Å². The fourth-order valence-electron chi connectivity index (χ4n) is 3.59. The lowest BCUT2D eigenvalue weighted by Crippen LogP contribution is -2.21. The van der Waals surface area contributed by atoms with Crippen molar-refractivity contribution in [2.24, 2.45) is 11.8 Å². The minimum Gasteiger partial charge on any atom is -0.481 e. The van der Waals surface area contributed by atoms with E-state index in [1.54, 1.807) is 6.92 Å². The Morgan fingerprint density at radius 2 is 1.57 bits per heavy atom. The second-order valence-corrected chi connectivity index (χ2v) is 7.66. The number of carbonyl (C=O) groups excluding carboxylic acids is 2. The first-order valence-corrected chi connectivity index (χ1v) is 10.4. The smallest absolute Gasteiger partial charge is 0.308 e. The molecule has 0 bridgehead atoms. The highest BCUT2D eigenvalue weighted by Crippen LogP contribution is 2.25. The highest BCUT2D eigenvalue weighted by Gasteiger charge is 2.23. The minimum absolute atomic E-state index is 0.0204. The van der Waals surface area contributed by atoms with Gasteiger partial charge in [0.25, 0.3) is 0 Å². The topological polar surface area (TPSA) is 80.7 Å². The molecular weight excluding hydrogens is 380 g/mol. The predicted molar refractivity (Wildman–Crippen MR) is 116 cm³/mol. The molecule has 0 amide bonds. The van der Waals surface area contributed by atoms with Gasteiger partial charge in [-0.3, -0.25) is 14.4 Å². The summed E-state index contributed by atoms with van der Waals surface area (Å²) in [6, 6.07) is 18.3. The number of ketones is 1. The molecule has 30 heavy (non-hydrogen) atoms. The number of rotatable bonds is 12. The summed E-state index contributed by atoms with van der Waals surface area (Å²) < 4.78 is 5.10. The maximum absolute atomic E-state index is 12.3. The third-order valence-corrected chi connectivity index (χ3v) is 5.10. The van der Waals surface area contributed by atoms with Crippen LogP contribution in [0.1, 0.15) is 45.1 Å². The second kappa shape index (κ2) is 11.9. The van der Waals surface area contributed by atoms with E-state index in [-0.39, 0.29) is 42.9 Å². The maximum Gasteiger partial charge on any atom is 0.308 e. The lowest BCUT2D eigenvalue weighted by atomic mass is 9.85. The molecule has 0 heterocycles. The van der Waals surface area contributed by atoms with Gasteiger partial charge in [-0.15, -0.1) is 0 Å². The molecule has 2 aromatic rings. The van der Waals surface area contributed by atoms with E-state index in [0.717, 1.165) is 16.7 Å². The van der Waals surface area contributed by atoms with Crippen LogP contribution in [0, 0.1) is 11.8 Å². The summed E-state index contributed by atoms with van der Waals surface area (Å²) in [5.41, 5.74) is 3.34. The van der Waals surface area contributed by atoms with Crippen LogP contribution in [-0.4, -0.2) is 29.4 Å². The van der Waals surface area contributed by atoms with E-state index in [1.807, 2.05) is 37.3 Å². The van der Waals surface area contributed by atoms with Crippen molar-refractivity contribution in [3.63, 3.8) is 0 Å². The maximum atomic E-state index is 12.3. The molecule has 2 aromatic carbocycles. The SMILES string of the molecule is CCOC(=O)[C@H](C)C[C@H](CC(=O)CCC(=O)O)Cc1ccc(-c2ccccc2)cc1. The molecule has 2 atom stereocenters. The van der Waals surface area contributed by atoms with Crippen LogP contribution in [0.4, 0.5) is 0 Å². The van der Waals surface area contributed by atoms with Crippen molar-refractivity contribution in [2.45, 2.75) is 46.0 Å². The molecule has 0 saturated carbocycles. The van der Waals surface area contributed by atoms with Crippen LogP contribution < -0.4 is 0 Å². The molecule has 0 radical (unpaired) electrons. The number of carboxylic acid groups (broad SMARTS) is 1. The highest BCUT2D eigenvalue weighted by atomic mass is 16.5. The third-order valence-electron chi connectivity index (χ3n) is 5.10. The monoisotopic (exact) mass is 410 g/mol. The Balaban J connectivity index is 2.07. The molecule has 0 unspecified atom stereocenters. The molecular formula is C25H30O5. The van der Waals surface area contributed by atoms with Crippen molar-refractivity contribution in [1.29, 1.82) is 0 Å². The zero-order valence-corrected chi connectivity index (χ0v) is 17.7. The van der Waals surface area contributed by atoms with Crippen molar-refractivity contribution in [2.75, 3.05) is 6.61 Å². The number of hydrogen-bond donors (Lipinski definition) is 1. The lowest BCUT2D eigenvalue weighted by molar-refractivity contribution is -0.148. The predicted octanol–water partition coefficient (Wildman–Crippen LogP) is 4.93. The molecule has 0 aromatic heterocycles. The number of aliphatic carboxylic acids is 1. The fraction of sp³-hybridized carbons (Fsp3) is 0.400. The molecule has 0 aliphatic rings. The van der Waals surface area contributed by atoms with Gasteiger partial charge in [-0.05, 0) is 42.4 Å². The van der Waals surface area contributed by atoms with Gasteiger partial charge < -0.3 is 9.84 Å². The zero-order chi connectivity index (χ0) is 21.9. The third kappa shape index (κ3) is 7.82.